The summed E-state index contributed by atoms with van der Waals surface area (Å²) < 4.78 is 5.03. The second-order valence-electron chi connectivity index (χ2n) is 4.44. The minimum Gasteiger partial charge on any atom is -0.497 e. The first kappa shape index (κ1) is 15.2. The van der Waals surface area contributed by atoms with Crippen molar-refractivity contribution in [1.82, 2.24) is 0 Å². The van der Waals surface area contributed by atoms with Crippen LogP contribution in [0.4, 0.5) is 5.69 Å². The van der Waals surface area contributed by atoms with Crippen LogP contribution < -0.4 is 4.74 Å². The fourth-order valence-corrected chi connectivity index (χ4v) is 1.90. The van der Waals surface area contributed by atoms with E-state index in [1.165, 1.54) is 37.5 Å². The number of rotatable bonds is 5. The lowest BCUT2D eigenvalue weighted by Gasteiger charge is -2.05. The minimum absolute atomic E-state index is 0.0431. The number of carboxylic acids is 1. The van der Waals surface area contributed by atoms with Gasteiger partial charge in [-0.3, -0.25) is 10.1 Å². The van der Waals surface area contributed by atoms with Gasteiger partial charge in [0.2, 0.25) is 0 Å². The van der Waals surface area contributed by atoms with E-state index < -0.39 is 10.9 Å². The molecule has 0 unspecified atom stereocenters. The third kappa shape index (κ3) is 3.49. The van der Waals surface area contributed by atoms with Crippen molar-refractivity contribution < 1.29 is 19.6 Å². The Morgan fingerprint density at radius 2 is 1.73 bits per heavy atom. The van der Waals surface area contributed by atoms with Gasteiger partial charge in [-0.05, 0) is 41.5 Å². The number of nitrogens with zero attached hydrogens (tertiary/aromatic N) is 1. The number of nitro benzene ring substituents is 1. The van der Waals surface area contributed by atoms with Crippen molar-refractivity contribution in [3.63, 3.8) is 0 Å². The number of non-ortho nitro benzene ring substituents is 1. The zero-order chi connectivity index (χ0) is 16.1. The maximum absolute atomic E-state index is 11.4. The van der Waals surface area contributed by atoms with Crippen LogP contribution in [0.2, 0.25) is 0 Å². The van der Waals surface area contributed by atoms with E-state index in [9.17, 15) is 20.0 Å². The summed E-state index contributed by atoms with van der Waals surface area (Å²) in [6.07, 6.45) is 1.47. The van der Waals surface area contributed by atoms with Crippen molar-refractivity contribution in [3.05, 3.63) is 69.8 Å². The molecule has 0 radical (unpaired) electrons. The molecule has 112 valence electrons. The molecule has 0 saturated carbocycles. The SMILES string of the molecule is COc1ccc(/C(=C/c2ccc([N+](=O)[O-])cc2)C(=O)O)cc1. The molecule has 2 aromatic carbocycles. The number of ether oxygens (including phenoxy) is 1. The summed E-state index contributed by atoms with van der Waals surface area (Å²) in [4.78, 5) is 21.5. The van der Waals surface area contributed by atoms with Gasteiger partial charge in [0, 0.05) is 12.1 Å². The maximum atomic E-state index is 11.4. The van der Waals surface area contributed by atoms with Crippen LogP contribution in [0.25, 0.3) is 11.6 Å². The molecule has 0 aliphatic rings. The number of nitro groups is 1. The maximum Gasteiger partial charge on any atom is 0.336 e. The zero-order valence-corrected chi connectivity index (χ0v) is 11.7. The molecule has 0 bridgehead atoms. The topological polar surface area (TPSA) is 89.7 Å². The molecule has 0 heterocycles. The molecule has 0 saturated heterocycles. The molecule has 0 atom stereocenters. The van der Waals surface area contributed by atoms with Gasteiger partial charge < -0.3 is 9.84 Å². The number of hydrogen-bond donors (Lipinski definition) is 1. The normalized spacial score (nSPS) is 11.0. The summed E-state index contributed by atoms with van der Waals surface area (Å²) in [6.45, 7) is 0. The average molecular weight is 299 g/mol. The van der Waals surface area contributed by atoms with Crippen LogP contribution in [0.3, 0.4) is 0 Å². The number of benzene rings is 2. The summed E-state index contributed by atoms with van der Waals surface area (Å²) in [7, 11) is 1.53. The van der Waals surface area contributed by atoms with Gasteiger partial charge in [-0.25, -0.2) is 4.79 Å². The number of methoxy groups -OCH3 is 1. The lowest BCUT2D eigenvalue weighted by molar-refractivity contribution is -0.384. The molecule has 0 amide bonds. The molecular weight excluding hydrogens is 286 g/mol. The van der Waals surface area contributed by atoms with Crippen molar-refractivity contribution in [2.75, 3.05) is 7.11 Å². The van der Waals surface area contributed by atoms with Crippen molar-refractivity contribution in [3.8, 4) is 5.75 Å². The minimum atomic E-state index is -1.08. The molecule has 6 heteroatoms. The van der Waals surface area contributed by atoms with Crippen molar-refractivity contribution >= 4 is 23.3 Å². The zero-order valence-electron chi connectivity index (χ0n) is 11.7. The van der Waals surface area contributed by atoms with Gasteiger partial charge in [-0.15, -0.1) is 0 Å². The fourth-order valence-electron chi connectivity index (χ4n) is 1.90. The molecule has 1 N–H and O–H groups in total. The van der Waals surface area contributed by atoms with E-state index in [0.29, 0.717) is 16.9 Å². The summed E-state index contributed by atoms with van der Waals surface area (Å²) in [5, 5.41) is 20.0. The lowest BCUT2D eigenvalue weighted by atomic mass is 10.0. The van der Waals surface area contributed by atoms with Gasteiger partial charge >= 0.3 is 5.97 Å². The van der Waals surface area contributed by atoms with Gasteiger partial charge in [0.25, 0.3) is 5.69 Å². The molecule has 6 nitrogen and oxygen atoms in total. The molecule has 2 rings (SSSR count). The molecule has 2 aromatic rings. The highest BCUT2D eigenvalue weighted by Crippen LogP contribution is 2.22. The monoisotopic (exact) mass is 299 g/mol. The fraction of sp³-hybridized carbons (Fsp3) is 0.0625. The Morgan fingerprint density at radius 3 is 2.18 bits per heavy atom. The highest BCUT2D eigenvalue weighted by molar-refractivity contribution is 6.20. The predicted octanol–water partition coefficient (Wildman–Crippen LogP) is 3.23. The molecule has 0 fully saturated rings. The summed E-state index contributed by atoms with van der Waals surface area (Å²) in [6, 6.07) is 12.3. The average Bonchev–Trinajstić information content (AvgIpc) is 2.53. The standard InChI is InChI=1S/C16H13NO5/c1-22-14-8-4-12(5-9-14)15(16(18)19)10-11-2-6-13(7-3-11)17(20)21/h2-10H,1H3,(H,18,19)/b15-10-. The lowest BCUT2D eigenvalue weighted by Crippen LogP contribution is -1.99. The van der Waals surface area contributed by atoms with Crippen LogP contribution in [0.1, 0.15) is 11.1 Å². The Balaban J connectivity index is 2.37. The summed E-state index contributed by atoms with van der Waals surface area (Å²) in [5.74, 6) is -0.452. The highest BCUT2D eigenvalue weighted by Gasteiger charge is 2.11. The van der Waals surface area contributed by atoms with E-state index in [4.69, 9.17) is 4.74 Å². The second kappa shape index (κ2) is 6.53. The second-order valence-corrected chi connectivity index (χ2v) is 4.44. The van der Waals surface area contributed by atoms with E-state index in [-0.39, 0.29) is 11.3 Å². The third-order valence-electron chi connectivity index (χ3n) is 3.05. The van der Waals surface area contributed by atoms with E-state index in [0.717, 1.165) is 0 Å². The Labute approximate surface area is 126 Å². The number of aliphatic carboxylic acids is 1. The molecular formula is C16H13NO5. The summed E-state index contributed by atoms with van der Waals surface area (Å²) in [5.41, 5.74) is 1.14. The van der Waals surface area contributed by atoms with Gasteiger partial charge in [0.1, 0.15) is 5.75 Å². The van der Waals surface area contributed by atoms with Gasteiger partial charge in [0.05, 0.1) is 17.6 Å². The number of carbonyl (C=O) groups is 1. The largest absolute Gasteiger partial charge is 0.497 e. The molecule has 0 aliphatic heterocycles. The molecule has 0 aliphatic carbocycles. The van der Waals surface area contributed by atoms with E-state index in [1.807, 2.05) is 0 Å². The first-order chi connectivity index (χ1) is 10.5. The Kier molecular flexibility index (Phi) is 4.53. The Bertz CT molecular complexity index is 717. The van der Waals surface area contributed by atoms with Crippen molar-refractivity contribution in [2.24, 2.45) is 0 Å². The van der Waals surface area contributed by atoms with Crippen LogP contribution in [0.15, 0.2) is 48.5 Å². The summed E-state index contributed by atoms with van der Waals surface area (Å²) >= 11 is 0. The number of hydrogen-bond acceptors (Lipinski definition) is 4. The molecule has 0 spiro atoms. The number of carboxylic acid groups (broad SMARTS) is 1. The Hall–Kier alpha value is -3.15. The third-order valence-corrected chi connectivity index (χ3v) is 3.05. The van der Waals surface area contributed by atoms with E-state index in [2.05, 4.69) is 0 Å². The van der Waals surface area contributed by atoms with Crippen molar-refractivity contribution in [2.45, 2.75) is 0 Å². The molecule has 0 aromatic heterocycles. The van der Waals surface area contributed by atoms with Crippen LogP contribution in [0.5, 0.6) is 5.75 Å². The van der Waals surface area contributed by atoms with Gasteiger partial charge in [-0.1, -0.05) is 12.1 Å². The van der Waals surface area contributed by atoms with Gasteiger partial charge in [-0.2, -0.15) is 0 Å². The van der Waals surface area contributed by atoms with Crippen molar-refractivity contribution in [1.29, 1.82) is 0 Å². The van der Waals surface area contributed by atoms with Crippen LogP contribution in [-0.2, 0) is 4.79 Å². The first-order valence-corrected chi connectivity index (χ1v) is 6.35. The van der Waals surface area contributed by atoms with Gasteiger partial charge in [0.15, 0.2) is 0 Å². The molecule has 22 heavy (non-hydrogen) atoms. The smallest absolute Gasteiger partial charge is 0.336 e. The first-order valence-electron chi connectivity index (χ1n) is 6.35. The Morgan fingerprint density at radius 1 is 1.14 bits per heavy atom. The van der Waals surface area contributed by atoms with E-state index in [1.54, 1.807) is 24.3 Å². The van der Waals surface area contributed by atoms with E-state index >= 15 is 0 Å². The van der Waals surface area contributed by atoms with Crippen LogP contribution >= 0.6 is 0 Å². The predicted molar refractivity (Wildman–Crippen MR) is 81.6 cm³/mol. The van der Waals surface area contributed by atoms with Crippen LogP contribution in [-0.4, -0.2) is 23.1 Å². The highest BCUT2D eigenvalue weighted by atomic mass is 16.6. The quantitative estimate of drug-likeness (QED) is 0.396. The van der Waals surface area contributed by atoms with Crippen LogP contribution in [0, 0.1) is 10.1 Å².